The van der Waals surface area contributed by atoms with Gasteiger partial charge in [-0.25, -0.2) is 9.98 Å². The quantitative estimate of drug-likeness (QED) is 0.462. The van der Waals surface area contributed by atoms with Gasteiger partial charge in [0.05, 0.1) is 32.3 Å². The number of nitrogens with one attached hydrogen (secondary N) is 1. The van der Waals surface area contributed by atoms with Crippen LogP contribution < -0.4 is 5.32 Å². The fourth-order valence-electron chi connectivity index (χ4n) is 4.21. The van der Waals surface area contributed by atoms with Crippen LogP contribution in [-0.4, -0.2) is 70.2 Å². The van der Waals surface area contributed by atoms with Crippen molar-refractivity contribution in [1.29, 1.82) is 0 Å². The highest BCUT2D eigenvalue weighted by molar-refractivity contribution is 8.18. The van der Waals surface area contributed by atoms with Crippen LogP contribution in [0.2, 0.25) is 10.0 Å². The van der Waals surface area contributed by atoms with E-state index in [1.54, 1.807) is 18.2 Å². The summed E-state index contributed by atoms with van der Waals surface area (Å²) in [6.45, 7) is 6.53. The molecule has 182 valence electrons. The number of hydrogen-bond donors (Lipinski definition) is 1. The van der Waals surface area contributed by atoms with Crippen LogP contribution in [0.5, 0.6) is 0 Å². The van der Waals surface area contributed by atoms with Gasteiger partial charge < -0.3 is 19.7 Å². The molecule has 35 heavy (non-hydrogen) atoms. The Bertz CT molecular complexity index is 1290. The number of thioether (sulfide) groups is 1. The van der Waals surface area contributed by atoms with Crippen molar-refractivity contribution < 1.29 is 4.79 Å². The Labute approximate surface area is 218 Å². The molecule has 1 aromatic heterocycles. The predicted octanol–water partition coefficient (Wildman–Crippen LogP) is 4.87. The topological polar surface area (TPSA) is 65.8 Å². The van der Waals surface area contributed by atoms with Crippen molar-refractivity contribution in [3.05, 3.63) is 63.2 Å². The van der Waals surface area contributed by atoms with E-state index in [0.29, 0.717) is 25.8 Å². The Balaban J connectivity index is 1.29. The number of aryl methyl sites for hydroxylation is 1. The number of fused-ring (bicyclic) bond motifs is 1. The van der Waals surface area contributed by atoms with Gasteiger partial charge in [-0.3, -0.25) is 4.79 Å². The molecule has 2 aliphatic heterocycles. The Morgan fingerprint density at radius 1 is 1.11 bits per heavy atom. The number of para-hydroxylation sites is 1. The predicted molar refractivity (Wildman–Crippen MR) is 146 cm³/mol. The monoisotopic (exact) mass is 528 g/mol. The highest BCUT2D eigenvalue weighted by Crippen LogP contribution is 2.35. The summed E-state index contributed by atoms with van der Waals surface area (Å²) in [6.07, 6.45) is 4.85. The van der Waals surface area contributed by atoms with Crippen molar-refractivity contribution >= 4 is 68.8 Å². The molecule has 0 unspecified atom stereocenters. The second kappa shape index (κ2) is 10.7. The lowest BCUT2D eigenvalue weighted by molar-refractivity contribution is -0.115. The number of aromatic nitrogens is 2. The molecule has 0 atom stereocenters. The summed E-state index contributed by atoms with van der Waals surface area (Å²) in [4.78, 5) is 27.0. The van der Waals surface area contributed by atoms with Gasteiger partial charge >= 0.3 is 0 Å². The number of amides is 1. The highest BCUT2D eigenvalue weighted by atomic mass is 35.5. The molecule has 0 radical (unpaired) electrons. The third-order valence-electron chi connectivity index (χ3n) is 6.21. The van der Waals surface area contributed by atoms with Crippen LogP contribution in [0.1, 0.15) is 12.0 Å². The average Bonchev–Trinajstić information content (AvgIpc) is 3.40. The Morgan fingerprint density at radius 2 is 1.89 bits per heavy atom. The molecule has 2 aliphatic rings. The molecule has 7 nitrogen and oxygen atoms in total. The Kier molecular flexibility index (Phi) is 7.45. The molecule has 0 saturated carbocycles. The molecule has 2 saturated heterocycles. The van der Waals surface area contributed by atoms with Gasteiger partial charge in [0.25, 0.3) is 5.91 Å². The number of piperazine rings is 1. The number of nitrogens with zero attached hydrogens (tertiary/aromatic N) is 5. The van der Waals surface area contributed by atoms with E-state index in [1.807, 2.05) is 24.5 Å². The summed E-state index contributed by atoms with van der Waals surface area (Å²) in [5.74, 6) is -0.197. The number of amidine groups is 1. The molecule has 3 aromatic rings. The minimum absolute atomic E-state index is 0.197. The van der Waals surface area contributed by atoms with Crippen LogP contribution in [-0.2, 0) is 11.3 Å². The number of carbonyl (C=O) groups excluding carboxylic acids is 1. The molecule has 3 heterocycles. The molecule has 5 rings (SSSR count). The smallest absolute Gasteiger partial charge is 0.264 e. The molecule has 0 bridgehead atoms. The maximum Gasteiger partial charge on any atom is 0.264 e. The number of benzene rings is 2. The standard InChI is InChI=1S/C25H26Cl2N6OS/c1-31-10-12-32(13-11-31)8-3-9-33-16-28-20-7-6-17(14-21(20)33)15-22-24(34)30-25(35-22)29-23-18(26)4-2-5-19(23)27/h2,4-7,14-16H,3,8-13H2,1H3,(H,29,30,34)/b22-15+. The molecule has 0 aliphatic carbocycles. The molecule has 1 amide bonds. The van der Waals surface area contributed by atoms with Gasteiger partial charge in [0, 0.05) is 32.7 Å². The first-order chi connectivity index (χ1) is 17.0. The van der Waals surface area contributed by atoms with Gasteiger partial charge in [0.1, 0.15) is 5.69 Å². The van der Waals surface area contributed by atoms with E-state index in [0.717, 1.165) is 62.3 Å². The van der Waals surface area contributed by atoms with Crippen LogP contribution in [0.15, 0.2) is 52.6 Å². The summed E-state index contributed by atoms with van der Waals surface area (Å²) in [6, 6.07) is 11.2. The van der Waals surface area contributed by atoms with Gasteiger partial charge in [0.15, 0.2) is 5.17 Å². The first-order valence-corrected chi connectivity index (χ1v) is 13.1. The number of hydrogen-bond acceptors (Lipinski definition) is 6. The van der Waals surface area contributed by atoms with Crippen molar-refractivity contribution in [2.45, 2.75) is 13.0 Å². The summed E-state index contributed by atoms with van der Waals surface area (Å²) in [5, 5.41) is 4.11. The van der Waals surface area contributed by atoms with Crippen LogP contribution in [0.3, 0.4) is 0 Å². The van der Waals surface area contributed by atoms with Gasteiger partial charge in [-0.2, -0.15) is 0 Å². The zero-order valence-electron chi connectivity index (χ0n) is 19.4. The SMILES string of the molecule is CN1CCN(CCCn2cnc3ccc(/C=C4/SC(=Nc5c(Cl)cccc5Cl)NC4=O)cc32)CC1. The van der Waals surface area contributed by atoms with Crippen LogP contribution in [0.4, 0.5) is 5.69 Å². The number of halogens is 2. The second-order valence-corrected chi connectivity index (χ2v) is 10.6. The van der Waals surface area contributed by atoms with Gasteiger partial charge in [-0.1, -0.05) is 35.3 Å². The fourth-order valence-corrected chi connectivity index (χ4v) is 5.52. The first-order valence-electron chi connectivity index (χ1n) is 11.6. The fraction of sp³-hybridized carbons (Fsp3) is 0.320. The minimum atomic E-state index is -0.197. The van der Waals surface area contributed by atoms with Crippen LogP contribution >= 0.6 is 35.0 Å². The molecule has 2 aromatic carbocycles. The third kappa shape index (κ3) is 5.73. The number of carbonyl (C=O) groups is 1. The number of aliphatic imine (C=N–C) groups is 1. The molecule has 2 fully saturated rings. The van der Waals surface area contributed by atoms with E-state index in [2.05, 4.69) is 42.8 Å². The lowest BCUT2D eigenvalue weighted by atomic mass is 10.2. The van der Waals surface area contributed by atoms with Crippen molar-refractivity contribution in [3.63, 3.8) is 0 Å². The highest BCUT2D eigenvalue weighted by Gasteiger charge is 2.24. The van der Waals surface area contributed by atoms with Crippen molar-refractivity contribution in [2.75, 3.05) is 39.8 Å². The van der Waals surface area contributed by atoms with E-state index >= 15 is 0 Å². The summed E-state index contributed by atoms with van der Waals surface area (Å²) >= 11 is 13.7. The van der Waals surface area contributed by atoms with E-state index in [1.165, 1.54) is 11.8 Å². The van der Waals surface area contributed by atoms with E-state index < -0.39 is 0 Å². The number of imidazole rings is 1. The zero-order valence-corrected chi connectivity index (χ0v) is 21.7. The second-order valence-electron chi connectivity index (χ2n) is 8.74. The Morgan fingerprint density at radius 3 is 2.66 bits per heavy atom. The maximum absolute atomic E-state index is 12.6. The van der Waals surface area contributed by atoms with Gasteiger partial charge in [-0.15, -0.1) is 0 Å². The molecule has 1 N–H and O–H groups in total. The van der Waals surface area contributed by atoms with Crippen molar-refractivity contribution in [3.8, 4) is 0 Å². The molecule has 10 heteroatoms. The largest absolute Gasteiger partial charge is 0.331 e. The van der Waals surface area contributed by atoms with Crippen molar-refractivity contribution in [2.24, 2.45) is 4.99 Å². The van der Waals surface area contributed by atoms with Crippen LogP contribution in [0.25, 0.3) is 17.1 Å². The zero-order chi connectivity index (χ0) is 24.4. The number of rotatable bonds is 6. The maximum atomic E-state index is 12.6. The number of likely N-dealkylation sites (N-methyl/N-ethyl adjacent to an activating group) is 1. The van der Waals surface area contributed by atoms with Crippen LogP contribution in [0, 0.1) is 0 Å². The van der Waals surface area contributed by atoms with E-state index in [-0.39, 0.29) is 5.91 Å². The molecule has 0 spiro atoms. The van der Waals surface area contributed by atoms with E-state index in [4.69, 9.17) is 23.2 Å². The Hall–Kier alpha value is -2.36. The normalized spacial score (nSPS) is 19.8. The third-order valence-corrected chi connectivity index (χ3v) is 7.73. The lowest BCUT2D eigenvalue weighted by Gasteiger charge is -2.32. The summed E-state index contributed by atoms with van der Waals surface area (Å²) < 4.78 is 2.20. The minimum Gasteiger partial charge on any atom is -0.331 e. The lowest BCUT2D eigenvalue weighted by Crippen LogP contribution is -2.44. The average molecular weight is 529 g/mol. The summed E-state index contributed by atoms with van der Waals surface area (Å²) in [7, 11) is 2.18. The molecular formula is C25H26Cl2N6OS. The first kappa shape index (κ1) is 24.3. The van der Waals surface area contributed by atoms with E-state index in [9.17, 15) is 4.79 Å². The van der Waals surface area contributed by atoms with Crippen molar-refractivity contribution in [1.82, 2.24) is 24.7 Å². The van der Waals surface area contributed by atoms with Gasteiger partial charge in [0.2, 0.25) is 0 Å². The van der Waals surface area contributed by atoms with Gasteiger partial charge in [-0.05, 0) is 67.7 Å². The summed E-state index contributed by atoms with van der Waals surface area (Å²) in [5.41, 5.74) is 3.40. The molecular weight excluding hydrogens is 503 g/mol.